The van der Waals surface area contributed by atoms with Crippen LogP contribution in [0.25, 0.3) is 0 Å². The van der Waals surface area contributed by atoms with E-state index < -0.39 is 11.7 Å². The van der Waals surface area contributed by atoms with Crippen molar-refractivity contribution < 1.29 is 9.53 Å². The number of nitrogens with one attached hydrogen (secondary N) is 1. The van der Waals surface area contributed by atoms with Crippen LogP contribution in [0, 0.1) is 18.3 Å². The number of rotatable bonds is 2. The smallest absolute Gasteiger partial charge is 0.408 e. The van der Waals surface area contributed by atoms with Gasteiger partial charge in [-0.1, -0.05) is 0 Å². The van der Waals surface area contributed by atoms with Gasteiger partial charge in [0.15, 0.2) is 5.69 Å². The van der Waals surface area contributed by atoms with Crippen molar-refractivity contribution in [1.82, 2.24) is 15.3 Å². The molecule has 1 N–H and O–H groups in total. The highest BCUT2D eigenvalue weighted by atomic mass is 79.9. The number of nitriles is 1. The van der Waals surface area contributed by atoms with Crippen molar-refractivity contribution >= 4 is 28.0 Å². The summed E-state index contributed by atoms with van der Waals surface area (Å²) in [5, 5.41) is 12.2. The maximum Gasteiger partial charge on any atom is 0.408 e. The Morgan fingerprint density at radius 1 is 1.36 bits per heavy atom. The third kappa shape index (κ3) is 5.05. The van der Waals surface area contributed by atoms with Gasteiger partial charge in [0.2, 0.25) is 5.95 Å². The van der Waals surface area contributed by atoms with Gasteiger partial charge < -0.3 is 15.0 Å². The summed E-state index contributed by atoms with van der Waals surface area (Å²) in [6.07, 6.45) is 1.09. The van der Waals surface area contributed by atoms with Crippen molar-refractivity contribution in [2.45, 2.75) is 58.6 Å². The SMILES string of the molecule is Cc1nc(N2CCC(C)(NC(=O)OC(C)(C)C)CC2)nc(C#N)c1Br. The quantitative estimate of drug-likeness (QED) is 0.805. The molecule has 1 saturated heterocycles. The molecule has 1 aliphatic rings. The molecule has 1 aliphatic heterocycles. The van der Waals surface area contributed by atoms with Crippen LogP contribution in [0.1, 0.15) is 51.9 Å². The molecular weight excluding hydrogens is 386 g/mol. The molecule has 0 unspecified atom stereocenters. The monoisotopic (exact) mass is 409 g/mol. The fourth-order valence-corrected chi connectivity index (χ4v) is 2.90. The number of nitrogens with zero attached hydrogens (tertiary/aromatic N) is 4. The number of carbonyl (C=O) groups is 1. The first-order chi connectivity index (χ1) is 11.5. The minimum atomic E-state index is -0.516. The average molecular weight is 410 g/mol. The van der Waals surface area contributed by atoms with Crippen molar-refractivity contribution in [2.24, 2.45) is 0 Å². The maximum atomic E-state index is 12.0. The van der Waals surface area contributed by atoms with E-state index in [4.69, 9.17) is 4.74 Å². The van der Waals surface area contributed by atoms with Gasteiger partial charge in [0.25, 0.3) is 0 Å². The number of aromatic nitrogens is 2. The molecule has 0 spiro atoms. The zero-order valence-corrected chi connectivity index (χ0v) is 16.9. The largest absolute Gasteiger partial charge is 0.444 e. The first-order valence-electron chi connectivity index (χ1n) is 8.23. The Hall–Kier alpha value is -1.88. The summed E-state index contributed by atoms with van der Waals surface area (Å²) in [6, 6.07) is 2.08. The van der Waals surface area contributed by atoms with E-state index in [1.54, 1.807) is 0 Å². The number of anilines is 1. The van der Waals surface area contributed by atoms with Crippen LogP contribution in [0.4, 0.5) is 10.7 Å². The van der Waals surface area contributed by atoms with Gasteiger partial charge in [-0.15, -0.1) is 0 Å². The normalized spacial score (nSPS) is 16.9. The van der Waals surface area contributed by atoms with Crippen LogP contribution in [-0.4, -0.2) is 40.3 Å². The van der Waals surface area contributed by atoms with E-state index in [0.717, 1.165) is 18.5 Å². The summed E-state index contributed by atoms with van der Waals surface area (Å²) in [6.45, 7) is 10.8. The highest BCUT2D eigenvalue weighted by Crippen LogP contribution is 2.27. The summed E-state index contributed by atoms with van der Waals surface area (Å²) in [7, 11) is 0. The number of amides is 1. The first kappa shape index (κ1) is 19.4. The zero-order valence-electron chi connectivity index (χ0n) is 15.3. The average Bonchev–Trinajstić information content (AvgIpc) is 2.48. The summed E-state index contributed by atoms with van der Waals surface area (Å²) in [4.78, 5) is 22.9. The number of carbonyl (C=O) groups excluding carboxylic acids is 1. The van der Waals surface area contributed by atoms with Crippen molar-refractivity contribution in [3.05, 3.63) is 15.9 Å². The molecule has 25 heavy (non-hydrogen) atoms. The molecule has 0 atom stereocenters. The molecule has 1 amide bonds. The van der Waals surface area contributed by atoms with E-state index >= 15 is 0 Å². The summed E-state index contributed by atoms with van der Waals surface area (Å²) >= 11 is 3.34. The van der Waals surface area contributed by atoms with Crippen molar-refractivity contribution in [3.8, 4) is 6.07 Å². The van der Waals surface area contributed by atoms with E-state index in [1.807, 2.05) is 39.5 Å². The number of alkyl carbamates (subject to hydrolysis) is 1. The zero-order chi connectivity index (χ0) is 18.8. The van der Waals surface area contributed by atoms with Crippen LogP contribution in [0.5, 0.6) is 0 Å². The summed E-state index contributed by atoms with van der Waals surface area (Å²) < 4.78 is 5.98. The number of piperidine rings is 1. The Bertz CT molecular complexity index is 700. The molecule has 0 saturated carbocycles. The molecular formula is C17H24BrN5O2. The highest BCUT2D eigenvalue weighted by Gasteiger charge is 2.34. The Labute approximate surface area is 156 Å². The van der Waals surface area contributed by atoms with Crippen molar-refractivity contribution in [2.75, 3.05) is 18.0 Å². The Balaban J connectivity index is 2.03. The van der Waals surface area contributed by atoms with Crippen LogP contribution >= 0.6 is 15.9 Å². The minimum absolute atomic E-state index is 0.332. The van der Waals surface area contributed by atoms with Gasteiger partial charge >= 0.3 is 6.09 Å². The summed E-state index contributed by atoms with van der Waals surface area (Å²) in [5.41, 5.74) is 0.225. The molecule has 1 aromatic heterocycles. The first-order valence-corrected chi connectivity index (χ1v) is 9.03. The highest BCUT2D eigenvalue weighted by molar-refractivity contribution is 9.10. The molecule has 2 heterocycles. The predicted octanol–water partition coefficient (Wildman–Crippen LogP) is 3.30. The van der Waals surface area contributed by atoms with Crippen molar-refractivity contribution in [1.29, 1.82) is 5.26 Å². The standard InChI is InChI=1S/C17H24BrN5O2/c1-11-13(18)12(10-19)21-14(20-11)23-8-6-17(5,7-9-23)22-15(24)25-16(2,3)4/h6-9H2,1-5H3,(H,22,24). The lowest BCUT2D eigenvalue weighted by Gasteiger charge is -2.40. The Morgan fingerprint density at radius 3 is 2.48 bits per heavy atom. The van der Waals surface area contributed by atoms with Crippen LogP contribution in [0.2, 0.25) is 0 Å². The van der Waals surface area contributed by atoms with Crippen LogP contribution in [0.15, 0.2) is 4.47 Å². The molecule has 2 rings (SSSR count). The molecule has 136 valence electrons. The van der Waals surface area contributed by atoms with Gasteiger partial charge in [-0.3, -0.25) is 0 Å². The van der Waals surface area contributed by atoms with Crippen molar-refractivity contribution in [3.63, 3.8) is 0 Å². The lowest BCUT2D eigenvalue weighted by molar-refractivity contribution is 0.0448. The second-order valence-electron chi connectivity index (χ2n) is 7.56. The van der Waals surface area contributed by atoms with Gasteiger partial charge in [-0.2, -0.15) is 5.26 Å². The molecule has 0 aromatic carbocycles. The Kier molecular flexibility index (Phi) is 5.57. The number of aryl methyl sites for hydroxylation is 1. The molecule has 1 aromatic rings. The number of hydrogen-bond donors (Lipinski definition) is 1. The van der Waals surface area contributed by atoms with E-state index in [2.05, 4.69) is 37.3 Å². The molecule has 0 aliphatic carbocycles. The lowest BCUT2D eigenvalue weighted by Crippen LogP contribution is -2.54. The third-order valence-corrected chi connectivity index (χ3v) is 5.01. The fourth-order valence-electron chi connectivity index (χ4n) is 2.64. The van der Waals surface area contributed by atoms with Gasteiger partial charge in [0.05, 0.1) is 10.2 Å². The topological polar surface area (TPSA) is 91.1 Å². The van der Waals surface area contributed by atoms with Gasteiger partial charge in [0, 0.05) is 18.6 Å². The fraction of sp³-hybridized carbons (Fsp3) is 0.647. The number of halogens is 1. The third-order valence-electron chi connectivity index (χ3n) is 4.06. The van der Waals surface area contributed by atoms with E-state index in [0.29, 0.717) is 29.2 Å². The van der Waals surface area contributed by atoms with E-state index in [1.165, 1.54) is 0 Å². The Morgan fingerprint density at radius 2 is 1.96 bits per heavy atom. The minimum Gasteiger partial charge on any atom is -0.444 e. The lowest BCUT2D eigenvalue weighted by atomic mass is 9.90. The molecule has 1 fully saturated rings. The molecule has 0 radical (unpaired) electrons. The van der Waals surface area contributed by atoms with Crippen LogP contribution in [0.3, 0.4) is 0 Å². The second kappa shape index (κ2) is 7.16. The van der Waals surface area contributed by atoms with Crippen LogP contribution < -0.4 is 10.2 Å². The van der Waals surface area contributed by atoms with E-state index in [-0.39, 0.29) is 5.54 Å². The van der Waals surface area contributed by atoms with Crippen LogP contribution in [-0.2, 0) is 4.74 Å². The number of ether oxygens (including phenoxy) is 1. The molecule has 8 heteroatoms. The summed E-state index contributed by atoms with van der Waals surface area (Å²) in [5.74, 6) is 0.552. The number of hydrogen-bond acceptors (Lipinski definition) is 6. The van der Waals surface area contributed by atoms with Gasteiger partial charge in [-0.05, 0) is 63.4 Å². The molecule has 0 bridgehead atoms. The van der Waals surface area contributed by atoms with Gasteiger partial charge in [0.1, 0.15) is 11.7 Å². The maximum absolute atomic E-state index is 12.0. The predicted molar refractivity (Wildman–Crippen MR) is 98.4 cm³/mol. The second-order valence-corrected chi connectivity index (χ2v) is 8.35. The van der Waals surface area contributed by atoms with E-state index in [9.17, 15) is 10.1 Å². The van der Waals surface area contributed by atoms with Gasteiger partial charge in [-0.25, -0.2) is 14.8 Å². The molecule has 7 nitrogen and oxygen atoms in total.